The van der Waals surface area contributed by atoms with Gasteiger partial charge < -0.3 is 10.2 Å². The fraction of sp³-hybridized carbons (Fsp3) is 0.259. The number of hydrogen-bond donors (Lipinski definition) is 1. The zero-order chi connectivity index (χ0) is 22.3. The molecule has 5 heteroatoms. The Morgan fingerprint density at radius 1 is 0.969 bits per heavy atom. The first-order valence-electron chi connectivity index (χ1n) is 11.1. The second-order valence-corrected chi connectivity index (χ2v) is 9.12. The Morgan fingerprint density at radius 3 is 2.53 bits per heavy atom. The van der Waals surface area contributed by atoms with Gasteiger partial charge in [-0.15, -0.1) is 11.8 Å². The molecule has 0 aromatic heterocycles. The highest BCUT2D eigenvalue weighted by Gasteiger charge is 2.24. The van der Waals surface area contributed by atoms with E-state index in [4.69, 9.17) is 0 Å². The van der Waals surface area contributed by atoms with Crippen LogP contribution in [-0.2, 0) is 17.6 Å². The van der Waals surface area contributed by atoms with Crippen LogP contribution >= 0.6 is 11.8 Å². The highest BCUT2D eigenvalue weighted by Crippen LogP contribution is 2.29. The number of hydrogen-bond acceptors (Lipinski definition) is 3. The van der Waals surface area contributed by atoms with Gasteiger partial charge in [0.2, 0.25) is 5.91 Å². The summed E-state index contributed by atoms with van der Waals surface area (Å²) < 4.78 is 0. The molecular weight excluding hydrogens is 416 g/mol. The molecule has 4 rings (SSSR count). The molecule has 0 aliphatic carbocycles. The Balaban J connectivity index is 1.34. The van der Waals surface area contributed by atoms with Crippen molar-refractivity contribution < 1.29 is 9.59 Å². The molecule has 3 aromatic rings. The highest BCUT2D eigenvalue weighted by atomic mass is 32.2. The van der Waals surface area contributed by atoms with Gasteiger partial charge in [0.25, 0.3) is 5.91 Å². The summed E-state index contributed by atoms with van der Waals surface area (Å²) in [7, 11) is 0. The first kappa shape index (κ1) is 22.2. The summed E-state index contributed by atoms with van der Waals surface area (Å²) in [5, 5.41) is 3.11. The van der Waals surface area contributed by atoms with Crippen LogP contribution in [-0.4, -0.2) is 30.2 Å². The second-order valence-electron chi connectivity index (χ2n) is 8.11. The third-order valence-electron chi connectivity index (χ3n) is 5.76. The van der Waals surface area contributed by atoms with Crippen molar-refractivity contribution in [2.75, 3.05) is 17.2 Å². The lowest BCUT2D eigenvalue weighted by Crippen LogP contribution is -2.33. The number of thioether (sulfide) groups is 1. The molecule has 164 valence electrons. The van der Waals surface area contributed by atoms with E-state index in [-0.39, 0.29) is 17.9 Å². The Hall–Kier alpha value is -3.05. The number of benzene rings is 3. The number of aryl methyl sites for hydroxylation is 1. The van der Waals surface area contributed by atoms with Gasteiger partial charge in [-0.05, 0) is 55.5 Å². The third kappa shape index (κ3) is 5.40. The summed E-state index contributed by atoms with van der Waals surface area (Å²) in [6.07, 6.45) is 2.69. The van der Waals surface area contributed by atoms with E-state index in [1.165, 1.54) is 22.9 Å². The average Bonchev–Trinajstić information content (AvgIpc) is 3.26. The predicted molar refractivity (Wildman–Crippen MR) is 131 cm³/mol. The smallest absolute Gasteiger partial charge is 0.252 e. The van der Waals surface area contributed by atoms with Gasteiger partial charge >= 0.3 is 0 Å². The predicted octanol–water partition coefficient (Wildman–Crippen LogP) is 5.12. The van der Waals surface area contributed by atoms with Gasteiger partial charge in [0.15, 0.2) is 0 Å². The van der Waals surface area contributed by atoms with Crippen LogP contribution in [0.2, 0.25) is 0 Å². The number of anilines is 1. The Labute approximate surface area is 194 Å². The number of nitrogens with zero attached hydrogens (tertiary/aromatic N) is 1. The van der Waals surface area contributed by atoms with Gasteiger partial charge in [-0.25, -0.2) is 0 Å². The normalized spacial score (nSPS) is 13.5. The molecule has 1 aliphatic rings. The minimum Gasteiger partial charge on any atom is -0.350 e. The van der Waals surface area contributed by atoms with Crippen LogP contribution in [0.25, 0.3) is 0 Å². The van der Waals surface area contributed by atoms with Crippen LogP contribution in [0.4, 0.5) is 5.69 Å². The standard InChI is InChI=1S/C27H28N2O2S/c1-20(15-16-21-9-3-2-4-10-21)28-27(31)23-12-6-8-14-25(23)32-19-26(30)29-18-17-22-11-5-7-13-24(22)29/h2-14,20H,15-19H2,1H3,(H,28,31). The van der Waals surface area contributed by atoms with E-state index in [9.17, 15) is 9.59 Å². The summed E-state index contributed by atoms with van der Waals surface area (Å²) in [6, 6.07) is 25.9. The van der Waals surface area contributed by atoms with E-state index in [2.05, 4.69) is 23.5 Å². The number of rotatable bonds is 8. The van der Waals surface area contributed by atoms with E-state index in [1.54, 1.807) is 0 Å². The number of nitrogens with one attached hydrogen (secondary N) is 1. The van der Waals surface area contributed by atoms with Crippen molar-refractivity contribution in [3.8, 4) is 0 Å². The van der Waals surface area contributed by atoms with Crippen molar-refractivity contribution in [2.45, 2.75) is 37.1 Å². The van der Waals surface area contributed by atoms with E-state index < -0.39 is 0 Å². The summed E-state index contributed by atoms with van der Waals surface area (Å²) >= 11 is 1.43. The van der Waals surface area contributed by atoms with Gasteiger partial charge in [-0.2, -0.15) is 0 Å². The average molecular weight is 445 g/mol. The van der Waals surface area contributed by atoms with Crippen molar-refractivity contribution >= 4 is 29.3 Å². The Kier molecular flexibility index (Phi) is 7.28. The first-order chi connectivity index (χ1) is 15.6. The van der Waals surface area contributed by atoms with Gasteiger partial charge in [0, 0.05) is 23.2 Å². The zero-order valence-electron chi connectivity index (χ0n) is 18.3. The quantitative estimate of drug-likeness (QED) is 0.491. The molecule has 1 heterocycles. The molecule has 4 nitrogen and oxygen atoms in total. The zero-order valence-corrected chi connectivity index (χ0v) is 19.1. The summed E-state index contributed by atoms with van der Waals surface area (Å²) in [6.45, 7) is 2.75. The minimum atomic E-state index is -0.0902. The maximum absolute atomic E-state index is 12.9. The SMILES string of the molecule is CC(CCc1ccccc1)NC(=O)c1ccccc1SCC(=O)N1CCc2ccccc21. The van der Waals surface area contributed by atoms with Crippen molar-refractivity contribution in [3.63, 3.8) is 0 Å². The van der Waals surface area contributed by atoms with Crippen LogP contribution < -0.4 is 10.2 Å². The Bertz CT molecular complexity index is 1080. The van der Waals surface area contributed by atoms with E-state index in [0.29, 0.717) is 11.3 Å². The number of amides is 2. The number of para-hydroxylation sites is 1. The van der Waals surface area contributed by atoms with Gasteiger partial charge in [-0.1, -0.05) is 60.7 Å². The summed E-state index contributed by atoms with van der Waals surface area (Å²) in [5.74, 6) is 0.293. The lowest BCUT2D eigenvalue weighted by atomic mass is 10.1. The van der Waals surface area contributed by atoms with Crippen LogP contribution in [0.1, 0.15) is 34.8 Å². The van der Waals surface area contributed by atoms with Gasteiger partial charge in [0.1, 0.15) is 0 Å². The fourth-order valence-corrected chi connectivity index (χ4v) is 4.92. The highest BCUT2D eigenvalue weighted by molar-refractivity contribution is 8.00. The number of carbonyl (C=O) groups is 2. The number of carbonyl (C=O) groups excluding carboxylic acids is 2. The minimum absolute atomic E-state index is 0.0588. The topological polar surface area (TPSA) is 49.4 Å². The van der Waals surface area contributed by atoms with Crippen LogP contribution in [0, 0.1) is 0 Å². The maximum Gasteiger partial charge on any atom is 0.252 e. The molecule has 0 bridgehead atoms. The van der Waals surface area contributed by atoms with Crippen LogP contribution in [0.15, 0.2) is 83.8 Å². The van der Waals surface area contributed by atoms with Crippen molar-refractivity contribution in [2.24, 2.45) is 0 Å². The van der Waals surface area contributed by atoms with Crippen LogP contribution in [0.3, 0.4) is 0 Å². The first-order valence-corrected chi connectivity index (χ1v) is 12.1. The molecule has 1 aliphatic heterocycles. The molecule has 1 N–H and O–H groups in total. The molecule has 3 aromatic carbocycles. The maximum atomic E-state index is 12.9. The van der Waals surface area contributed by atoms with Crippen LogP contribution in [0.5, 0.6) is 0 Å². The molecule has 0 saturated heterocycles. The molecule has 0 radical (unpaired) electrons. The van der Waals surface area contributed by atoms with Crippen molar-refractivity contribution in [1.82, 2.24) is 5.32 Å². The molecule has 0 spiro atoms. The fourth-order valence-electron chi connectivity index (χ4n) is 4.00. The van der Waals surface area contributed by atoms with Gasteiger partial charge in [-0.3, -0.25) is 9.59 Å². The van der Waals surface area contributed by atoms with Crippen molar-refractivity contribution in [3.05, 3.63) is 95.6 Å². The number of fused-ring (bicyclic) bond motifs is 1. The van der Waals surface area contributed by atoms with E-state index >= 15 is 0 Å². The molecular formula is C27H28N2O2S. The van der Waals surface area contributed by atoms with E-state index in [0.717, 1.165) is 36.4 Å². The molecule has 0 saturated carbocycles. The molecule has 32 heavy (non-hydrogen) atoms. The molecule has 1 unspecified atom stereocenters. The monoisotopic (exact) mass is 444 g/mol. The largest absolute Gasteiger partial charge is 0.350 e. The van der Waals surface area contributed by atoms with Crippen molar-refractivity contribution in [1.29, 1.82) is 0 Å². The molecule has 1 atom stereocenters. The second kappa shape index (κ2) is 10.5. The van der Waals surface area contributed by atoms with E-state index in [1.807, 2.05) is 72.5 Å². The van der Waals surface area contributed by atoms with Gasteiger partial charge in [0.05, 0.1) is 11.3 Å². The molecule has 0 fully saturated rings. The lowest BCUT2D eigenvalue weighted by molar-refractivity contribution is -0.116. The lowest BCUT2D eigenvalue weighted by Gasteiger charge is -2.18. The molecule has 2 amide bonds. The third-order valence-corrected chi connectivity index (χ3v) is 6.82. The Morgan fingerprint density at radius 2 is 1.69 bits per heavy atom. The summed E-state index contributed by atoms with van der Waals surface area (Å²) in [5.41, 5.74) is 4.12. The summed E-state index contributed by atoms with van der Waals surface area (Å²) in [4.78, 5) is 28.5.